The predicted octanol–water partition coefficient (Wildman–Crippen LogP) is 2.13. The number of amides is 1. The zero-order valence-electron chi connectivity index (χ0n) is 12.3. The van der Waals surface area contributed by atoms with Gasteiger partial charge in [-0.25, -0.2) is 0 Å². The van der Waals surface area contributed by atoms with Gasteiger partial charge in [-0.15, -0.1) is 11.3 Å². The Morgan fingerprint density at radius 3 is 3.00 bits per heavy atom. The molecule has 0 spiro atoms. The molecule has 1 unspecified atom stereocenters. The third kappa shape index (κ3) is 2.93. The van der Waals surface area contributed by atoms with Gasteiger partial charge in [0.05, 0.1) is 10.9 Å². The zero-order valence-corrected chi connectivity index (χ0v) is 13.1. The van der Waals surface area contributed by atoms with Crippen molar-refractivity contribution in [1.29, 1.82) is 0 Å². The largest absolute Gasteiger partial charge is 0.328 e. The Hall–Kier alpha value is -2.05. The average molecular weight is 315 g/mol. The number of hydrogen-bond acceptors (Lipinski definition) is 5. The molecule has 2 aromatic heterocycles. The summed E-state index contributed by atoms with van der Waals surface area (Å²) in [7, 11) is 0. The van der Waals surface area contributed by atoms with E-state index in [1.165, 1.54) is 18.3 Å². The fourth-order valence-electron chi connectivity index (χ4n) is 2.59. The van der Waals surface area contributed by atoms with Crippen molar-refractivity contribution in [1.82, 2.24) is 15.2 Å². The van der Waals surface area contributed by atoms with Crippen LogP contribution < -0.4 is 5.32 Å². The van der Waals surface area contributed by atoms with Crippen molar-refractivity contribution >= 4 is 23.0 Å². The molecule has 0 aliphatic carbocycles. The van der Waals surface area contributed by atoms with Gasteiger partial charge in [0.2, 0.25) is 0 Å². The first-order valence-corrected chi connectivity index (χ1v) is 8.06. The number of Topliss-reactive ketones (excluding diaryl/α,β-unsaturated/α-hetero) is 1. The molecule has 0 aromatic carbocycles. The molecule has 1 aliphatic heterocycles. The van der Waals surface area contributed by atoms with Gasteiger partial charge in [-0.1, -0.05) is 6.07 Å². The first kappa shape index (κ1) is 14.9. The van der Waals surface area contributed by atoms with Crippen LogP contribution in [-0.2, 0) is 0 Å². The van der Waals surface area contributed by atoms with Gasteiger partial charge in [-0.3, -0.25) is 14.6 Å². The lowest BCUT2D eigenvalue weighted by molar-refractivity contribution is 0.0639. The smallest absolute Gasteiger partial charge is 0.264 e. The minimum absolute atomic E-state index is 0.0144. The second-order valence-electron chi connectivity index (χ2n) is 5.26. The number of carbonyl (C=O) groups excluding carboxylic acids is 2. The lowest BCUT2D eigenvalue weighted by Crippen LogP contribution is -2.48. The standard InChI is InChI=1S/C16H17N3O2S/c1-11(20)13-7-15(22-10-13)16(21)19-6-5-18-9-14(19)12-3-2-4-17-8-12/h2-4,7-8,10,14,18H,5-6,9H2,1H3. The highest BCUT2D eigenvalue weighted by atomic mass is 32.1. The number of aromatic nitrogens is 1. The molecule has 0 bridgehead atoms. The van der Waals surface area contributed by atoms with Crippen LogP contribution in [0.15, 0.2) is 36.0 Å². The van der Waals surface area contributed by atoms with Gasteiger partial charge >= 0.3 is 0 Å². The second kappa shape index (κ2) is 6.37. The first-order chi connectivity index (χ1) is 10.7. The molecule has 22 heavy (non-hydrogen) atoms. The quantitative estimate of drug-likeness (QED) is 0.882. The van der Waals surface area contributed by atoms with Gasteiger partial charge in [0, 0.05) is 43.0 Å². The van der Waals surface area contributed by atoms with E-state index >= 15 is 0 Å². The number of piperazine rings is 1. The van der Waals surface area contributed by atoms with Crippen molar-refractivity contribution in [3.8, 4) is 0 Å². The van der Waals surface area contributed by atoms with Crippen LogP contribution in [0, 0.1) is 0 Å². The highest BCUT2D eigenvalue weighted by Crippen LogP contribution is 2.26. The molecule has 5 nitrogen and oxygen atoms in total. The van der Waals surface area contributed by atoms with Gasteiger partial charge in [0.15, 0.2) is 5.78 Å². The average Bonchev–Trinajstić information content (AvgIpc) is 3.05. The summed E-state index contributed by atoms with van der Waals surface area (Å²) in [5, 5.41) is 5.07. The number of rotatable bonds is 3. The zero-order chi connectivity index (χ0) is 15.5. The molecular formula is C16H17N3O2S. The third-order valence-corrected chi connectivity index (χ3v) is 4.71. The Kier molecular flexibility index (Phi) is 4.31. The van der Waals surface area contributed by atoms with E-state index in [-0.39, 0.29) is 17.7 Å². The maximum atomic E-state index is 12.8. The van der Waals surface area contributed by atoms with Gasteiger partial charge in [-0.05, 0) is 24.6 Å². The van der Waals surface area contributed by atoms with Crippen molar-refractivity contribution < 1.29 is 9.59 Å². The summed E-state index contributed by atoms with van der Waals surface area (Å²) < 4.78 is 0. The normalized spacial score (nSPS) is 18.2. The minimum atomic E-state index is -0.0298. The number of nitrogens with one attached hydrogen (secondary N) is 1. The summed E-state index contributed by atoms with van der Waals surface area (Å²) >= 11 is 1.33. The first-order valence-electron chi connectivity index (χ1n) is 7.18. The van der Waals surface area contributed by atoms with Crippen LogP contribution in [0.5, 0.6) is 0 Å². The van der Waals surface area contributed by atoms with E-state index in [0.717, 1.165) is 12.1 Å². The topological polar surface area (TPSA) is 62.3 Å². The van der Waals surface area contributed by atoms with Gasteiger partial charge in [0.25, 0.3) is 5.91 Å². The summed E-state index contributed by atoms with van der Waals surface area (Å²) in [5.74, 6) is -0.0349. The van der Waals surface area contributed by atoms with Crippen molar-refractivity contribution in [3.63, 3.8) is 0 Å². The van der Waals surface area contributed by atoms with E-state index in [9.17, 15) is 9.59 Å². The summed E-state index contributed by atoms with van der Waals surface area (Å²) in [6.45, 7) is 3.64. The molecule has 6 heteroatoms. The molecule has 3 heterocycles. The van der Waals surface area contributed by atoms with Gasteiger partial charge in [-0.2, -0.15) is 0 Å². The molecule has 3 rings (SSSR count). The summed E-state index contributed by atoms with van der Waals surface area (Å²) in [6, 6.07) is 5.53. The van der Waals surface area contributed by atoms with Crippen LogP contribution in [0.2, 0.25) is 0 Å². The van der Waals surface area contributed by atoms with E-state index in [0.29, 0.717) is 23.5 Å². The van der Waals surface area contributed by atoms with Gasteiger partial charge < -0.3 is 10.2 Å². The maximum Gasteiger partial charge on any atom is 0.264 e. The molecule has 1 saturated heterocycles. The molecular weight excluding hydrogens is 298 g/mol. The van der Waals surface area contributed by atoms with E-state index in [2.05, 4.69) is 10.3 Å². The van der Waals surface area contributed by atoms with E-state index in [1.54, 1.807) is 23.8 Å². The Morgan fingerprint density at radius 1 is 1.45 bits per heavy atom. The predicted molar refractivity (Wildman–Crippen MR) is 85.2 cm³/mol. The molecule has 114 valence electrons. The van der Waals surface area contributed by atoms with Crippen LogP contribution in [0.4, 0.5) is 0 Å². The Balaban J connectivity index is 1.86. The van der Waals surface area contributed by atoms with Crippen LogP contribution >= 0.6 is 11.3 Å². The maximum absolute atomic E-state index is 12.8. The minimum Gasteiger partial charge on any atom is -0.328 e. The lowest BCUT2D eigenvalue weighted by Gasteiger charge is -2.36. The van der Waals surface area contributed by atoms with Crippen LogP contribution in [0.3, 0.4) is 0 Å². The number of hydrogen-bond donors (Lipinski definition) is 1. The van der Waals surface area contributed by atoms with Gasteiger partial charge in [0.1, 0.15) is 0 Å². The van der Waals surface area contributed by atoms with E-state index in [4.69, 9.17) is 0 Å². The summed E-state index contributed by atoms with van der Waals surface area (Å²) in [6.07, 6.45) is 3.53. The number of pyridine rings is 1. The van der Waals surface area contributed by atoms with Crippen LogP contribution in [0.25, 0.3) is 0 Å². The van der Waals surface area contributed by atoms with Crippen molar-refractivity contribution in [2.24, 2.45) is 0 Å². The Morgan fingerprint density at radius 2 is 2.32 bits per heavy atom. The summed E-state index contributed by atoms with van der Waals surface area (Å²) in [4.78, 5) is 30.8. The fourth-order valence-corrected chi connectivity index (χ4v) is 3.49. The number of thiophene rings is 1. The third-order valence-electron chi connectivity index (χ3n) is 3.79. The van der Waals surface area contributed by atoms with Crippen molar-refractivity contribution in [2.45, 2.75) is 13.0 Å². The molecule has 1 N–H and O–H groups in total. The van der Waals surface area contributed by atoms with Crippen LogP contribution in [0.1, 0.15) is 38.6 Å². The van der Waals surface area contributed by atoms with Crippen molar-refractivity contribution in [3.05, 3.63) is 52.0 Å². The highest BCUT2D eigenvalue weighted by molar-refractivity contribution is 7.12. The molecule has 2 aromatic rings. The van der Waals surface area contributed by atoms with Crippen LogP contribution in [-0.4, -0.2) is 41.2 Å². The molecule has 1 fully saturated rings. The molecule has 0 saturated carbocycles. The molecule has 1 atom stereocenters. The SMILES string of the molecule is CC(=O)c1csc(C(=O)N2CCNCC2c2cccnc2)c1. The number of carbonyl (C=O) groups is 2. The second-order valence-corrected chi connectivity index (χ2v) is 6.17. The molecule has 1 aliphatic rings. The highest BCUT2D eigenvalue weighted by Gasteiger charge is 2.29. The monoisotopic (exact) mass is 315 g/mol. The van der Waals surface area contributed by atoms with E-state index in [1.807, 2.05) is 17.0 Å². The fraction of sp³-hybridized carbons (Fsp3) is 0.312. The number of ketones is 1. The van der Waals surface area contributed by atoms with Crippen molar-refractivity contribution in [2.75, 3.05) is 19.6 Å². The Labute approximate surface area is 133 Å². The number of nitrogens with zero attached hydrogens (tertiary/aromatic N) is 2. The summed E-state index contributed by atoms with van der Waals surface area (Å²) in [5.41, 5.74) is 1.62. The molecule has 0 radical (unpaired) electrons. The lowest BCUT2D eigenvalue weighted by atomic mass is 10.0. The Bertz CT molecular complexity index is 684. The van der Waals surface area contributed by atoms with E-state index < -0.39 is 0 Å². The molecule has 1 amide bonds.